The number of carbonyl (C=O) groups excluding carboxylic acids is 2. The van der Waals surface area contributed by atoms with Gasteiger partial charge in [0.2, 0.25) is 0 Å². The van der Waals surface area contributed by atoms with Crippen LogP contribution in [0.25, 0.3) is 0 Å². The van der Waals surface area contributed by atoms with Crippen molar-refractivity contribution in [3.8, 4) is 5.75 Å². The lowest BCUT2D eigenvalue weighted by Gasteiger charge is -2.04. The zero-order valence-corrected chi connectivity index (χ0v) is 13.0. The van der Waals surface area contributed by atoms with Crippen LogP contribution in [0.3, 0.4) is 0 Å². The minimum atomic E-state index is -0.929. The molecule has 0 saturated carbocycles. The molecule has 7 heteroatoms. The smallest absolute Gasteiger partial charge is 0.329 e. The summed E-state index contributed by atoms with van der Waals surface area (Å²) in [6, 6.07) is 12.1. The van der Waals surface area contributed by atoms with Crippen LogP contribution in [0.1, 0.15) is 12.5 Å². The summed E-state index contributed by atoms with van der Waals surface area (Å²) in [6.45, 7) is 2.47. The lowest BCUT2D eigenvalue weighted by molar-refractivity contribution is -0.136. The summed E-state index contributed by atoms with van der Waals surface area (Å²) in [5, 5.41) is 6.04. The lowest BCUT2D eigenvalue weighted by atomic mass is 10.2. The molecule has 24 heavy (non-hydrogen) atoms. The molecule has 0 heterocycles. The Bertz CT molecular complexity index is 728. The van der Waals surface area contributed by atoms with Crippen molar-refractivity contribution in [3.63, 3.8) is 0 Å². The summed E-state index contributed by atoms with van der Waals surface area (Å²) in [5.74, 6) is -1.53. The molecule has 0 aliphatic carbocycles. The predicted molar refractivity (Wildman–Crippen MR) is 88.4 cm³/mol. The van der Waals surface area contributed by atoms with E-state index in [1.165, 1.54) is 30.5 Å². The van der Waals surface area contributed by atoms with Crippen molar-refractivity contribution >= 4 is 23.7 Å². The third kappa shape index (κ3) is 5.20. The number of hydrogen-bond acceptors (Lipinski definition) is 4. The molecule has 0 spiro atoms. The molecule has 0 atom stereocenters. The van der Waals surface area contributed by atoms with E-state index in [0.717, 1.165) is 11.3 Å². The molecule has 6 nitrogen and oxygen atoms in total. The van der Waals surface area contributed by atoms with Crippen LogP contribution < -0.4 is 15.5 Å². The Labute approximate surface area is 138 Å². The minimum Gasteiger partial charge on any atom is -0.494 e. The average Bonchev–Trinajstić information content (AvgIpc) is 2.58. The number of nitrogens with one attached hydrogen (secondary N) is 2. The quantitative estimate of drug-likeness (QED) is 0.502. The lowest BCUT2D eigenvalue weighted by Crippen LogP contribution is -2.32. The number of anilines is 1. The first-order chi connectivity index (χ1) is 11.6. The Balaban J connectivity index is 1.85. The predicted octanol–water partition coefficient (Wildman–Crippen LogP) is 2.31. The summed E-state index contributed by atoms with van der Waals surface area (Å²) in [7, 11) is 0. The van der Waals surface area contributed by atoms with Crippen LogP contribution >= 0.6 is 0 Å². The summed E-state index contributed by atoms with van der Waals surface area (Å²) >= 11 is 0. The Morgan fingerprint density at radius 3 is 2.38 bits per heavy atom. The van der Waals surface area contributed by atoms with Crippen molar-refractivity contribution in [1.82, 2.24) is 5.43 Å². The molecule has 0 unspecified atom stereocenters. The largest absolute Gasteiger partial charge is 0.494 e. The Hall–Kier alpha value is -3.22. The van der Waals surface area contributed by atoms with Gasteiger partial charge >= 0.3 is 11.8 Å². The molecule has 0 aromatic heterocycles. The molecule has 0 saturated heterocycles. The number of rotatable bonds is 5. The van der Waals surface area contributed by atoms with Crippen molar-refractivity contribution in [1.29, 1.82) is 0 Å². The zero-order chi connectivity index (χ0) is 17.4. The van der Waals surface area contributed by atoms with Crippen LogP contribution in [0.4, 0.5) is 10.1 Å². The molecule has 2 aromatic carbocycles. The van der Waals surface area contributed by atoms with Crippen LogP contribution in [0.5, 0.6) is 5.75 Å². The van der Waals surface area contributed by atoms with Gasteiger partial charge in [-0.05, 0) is 61.0 Å². The first-order valence-electron chi connectivity index (χ1n) is 7.21. The fourth-order valence-electron chi connectivity index (χ4n) is 1.75. The van der Waals surface area contributed by atoms with E-state index in [0.29, 0.717) is 12.3 Å². The number of amides is 2. The van der Waals surface area contributed by atoms with Crippen molar-refractivity contribution in [3.05, 3.63) is 59.9 Å². The highest BCUT2D eigenvalue weighted by atomic mass is 19.1. The van der Waals surface area contributed by atoms with Crippen molar-refractivity contribution in [2.45, 2.75) is 6.92 Å². The van der Waals surface area contributed by atoms with Crippen molar-refractivity contribution < 1.29 is 18.7 Å². The second-order valence-electron chi connectivity index (χ2n) is 4.66. The van der Waals surface area contributed by atoms with Gasteiger partial charge in [0.1, 0.15) is 11.6 Å². The van der Waals surface area contributed by atoms with Gasteiger partial charge in [-0.15, -0.1) is 0 Å². The van der Waals surface area contributed by atoms with Crippen LogP contribution in [0, 0.1) is 5.82 Å². The monoisotopic (exact) mass is 329 g/mol. The van der Waals surface area contributed by atoms with Crippen molar-refractivity contribution in [2.24, 2.45) is 5.10 Å². The van der Waals surface area contributed by atoms with Gasteiger partial charge in [0.15, 0.2) is 0 Å². The van der Waals surface area contributed by atoms with E-state index >= 15 is 0 Å². The van der Waals surface area contributed by atoms with E-state index in [4.69, 9.17) is 4.74 Å². The van der Waals surface area contributed by atoms with Gasteiger partial charge < -0.3 is 10.1 Å². The van der Waals surface area contributed by atoms with E-state index in [2.05, 4.69) is 15.8 Å². The third-order valence-corrected chi connectivity index (χ3v) is 2.88. The number of benzene rings is 2. The maximum atomic E-state index is 12.8. The minimum absolute atomic E-state index is 0.312. The summed E-state index contributed by atoms with van der Waals surface area (Å²) in [5.41, 5.74) is 3.16. The topological polar surface area (TPSA) is 79.8 Å². The molecule has 0 radical (unpaired) electrons. The first kappa shape index (κ1) is 17.1. The molecule has 2 amide bonds. The van der Waals surface area contributed by atoms with Crippen molar-refractivity contribution in [2.75, 3.05) is 11.9 Å². The zero-order valence-electron chi connectivity index (χ0n) is 13.0. The SMILES string of the molecule is CCOc1ccc(/C=N\NC(=O)C(=O)Nc2ccc(F)cc2)cc1. The highest BCUT2D eigenvalue weighted by Gasteiger charge is 2.12. The second-order valence-corrected chi connectivity index (χ2v) is 4.66. The molecule has 2 N–H and O–H groups in total. The molecular formula is C17H16FN3O3. The highest BCUT2D eigenvalue weighted by molar-refractivity contribution is 6.39. The third-order valence-electron chi connectivity index (χ3n) is 2.88. The number of ether oxygens (including phenoxy) is 1. The van der Waals surface area contributed by atoms with Gasteiger partial charge in [0.05, 0.1) is 12.8 Å². The summed E-state index contributed by atoms with van der Waals surface area (Å²) in [6.07, 6.45) is 1.40. The molecule has 0 fully saturated rings. The second kappa shape index (κ2) is 8.42. The Kier molecular flexibility index (Phi) is 6.01. The van der Waals surface area contributed by atoms with E-state index in [1.807, 2.05) is 6.92 Å². The number of nitrogens with zero attached hydrogens (tertiary/aromatic N) is 1. The highest BCUT2D eigenvalue weighted by Crippen LogP contribution is 2.10. The standard InChI is InChI=1S/C17H16FN3O3/c1-2-24-15-9-3-12(4-10-15)11-19-21-17(23)16(22)20-14-7-5-13(18)6-8-14/h3-11H,2H2,1H3,(H,20,22)(H,21,23)/b19-11-. The van der Waals surface area contributed by atoms with Crippen LogP contribution in [0.2, 0.25) is 0 Å². The molecule has 0 bridgehead atoms. The van der Waals surface area contributed by atoms with Gasteiger partial charge in [-0.1, -0.05) is 0 Å². The Morgan fingerprint density at radius 1 is 1.08 bits per heavy atom. The Morgan fingerprint density at radius 2 is 1.75 bits per heavy atom. The molecule has 2 aromatic rings. The summed E-state index contributed by atoms with van der Waals surface area (Å²) < 4.78 is 18.1. The van der Waals surface area contributed by atoms with Crippen LogP contribution in [0.15, 0.2) is 53.6 Å². The van der Waals surface area contributed by atoms with Gasteiger partial charge in [-0.2, -0.15) is 5.10 Å². The van der Waals surface area contributed by atoms with E-state index < -0.39 is 17.6 Å². The number of hydrazone groups is 1. The van der Waals surface area contributed by atoms with E-state index in [-0.39, 0.29) is 0 Å². The number of hydrogen-bond donors (Lipinski definition) is 2. The normalized spacial score (nSPS) is 10.4. The first-order valence-corrected chi connectivity index (χ1v) is 7.21. The van der Waals surface area contributed by atoms with Crippen LogP contribution in [-0.2, 0) is 9.59 Å². The molecule has 0 aliphatic rings. The molecular weight excluding hydrogens is 313 g/mol. The van der Waals surface area contributed by atoms with Gasteiger partial charge in [0, 0.05) is 5.69 Å². The van der Waals surface area contributed by atoms with E-state index in [1.54, 1.807) is 24.3 Å². The fourth-order valence-corrected chi connectivity index (χ4v) is 1.75. The number of halogens is 1. The summed E-state index contributed by atoms with van der Waals surface area (Å²) in [4.78, 5) is 23.3. The van der Waals surface area contributed by atoms with Gasteiger partial charge in [-0.25, -0.2) is 9.82 Å². The van der Waals surface area contributed by atoms with Gasteiger partial charge in [-0.3, -0.25) is 9.59 Å². The maximum Gasteiger partial charge on any atom is 0.329 e. The van der Waals surface area contributed by atoms with Crippen LogP contribution in [-0.4, -0.2) is 24.6 Å². The average molecular weight is 329 g/mol. The molecule has 2 rings (SSSR count). The fraction of sp³-hybridized carbons (Fsp3) is 0.118. The maximum absolute atomic E-state index is 12.8. The van der Waals surface area contributed by atoms with E-state index in [9.17, 15) is 14.0 Å². The molecule has 124 valence electrons. The van der Waals surface area contributed by atoms with Gasteiger partial charge in [0.25, 0.3) is 0 Å². The molecule has 0 aliphatic heterocycles. The number of carbonyl (C=O) groups is 2.